The number of nitrogens with zero attached hydrogens (tertiary/aromatic N) is 4. The van der Waals surface area contributed by atoms with Gasteiger partial charge < -0.3 is 4.57 Å². The van der Waals surface area contributed by atoms with E-state index in [0.29, 0.717) is 0 Å². The van der Waals surface area contributed by atoms with Crippen molar-refractivity contribution in [3.63, 3.8) is 0 Å². The maximum absolute atomic E-state index is 4.34. The van der Waals surface area contributed by atoms with Crippen molar-refractivity contribution in [2.45, 2.75) is 6.92 Å². The van der Waals surface area contributed by atoms with Crippen molar-refractivity contribution in [1.82, 2.24) is 19.5 Å². The first kappa shape index (κ1) is 7.90. The third-order valence-corrected chi connectivity index (χ3v) is 2.62. The van der Waals surface area contributed by atoms with Gasteiger partial charge in [0, 0.05) is 7.05 Å². The van der Waals surface area contributed by atoms with Crippen molar-refractivity contribution in [2.24, 2.45) is 7.05 Å². The number of halogens is 1. The Bertz CT molecular complexity index is 434. The number of aromatic nitrogens is 4. The van der Waals surface area contributed by atoms with Crippen LogP contribution in [0, 0.1) is 10.6 Å². The number of rotatable bonds is 0. The Balaban J connectivity index is 2.95. The second-order valence-electron chi connectivity index (χ2n) is 2.55. The Morgan fingerprint density at radius 2 is 2.17 bits per heavy atom. The standard InChI is InChI=1S/C7H7IN4/c1-4-11-5-6(8)9-3-10-7(5)12(4)2/h3H,1-2H3. The molecule has 0 spiro atoms. The van der Waals surface area contributed by atoms with E-state index in [9.17, 15) is 0 Å². The predicted molar refractivity (Wildman–Crippen MR) is 53.8 cm³/mol. The summed E-state index contributed by atoms with van der Waals surface area (Å²) in [6.45, 7) is 1.96. The van der Waals surface area contributed by atoms with Gasteiger partial charge in [-0.25, -0.2) is 15.0 Å². The van der Waals surface area contributed by atoms with Crippen LogP contribution in [0.25, 0.3) is 11.2 Å². The average molecular weight is 274 g/mol. The molecule has 4 nitrogen and oxygen atoms in total. The molecule has 2 heterocycles. The Hall–Kier alpha value is -0.720. The number of hydrogen-bond acceptors (Lipinski definition) is 3. The number of imidazole rings is 1. The third kappa shape index (κ3) is 0.996. The normalized spacial score (nSPS) is 10.9. The zero-order chi connectivity index (χ0) is 8.72. The van der Waals surface area contributed by atoms with Crippen LogP contribution in [0.2, 0.25) is 0 Å². The van der Waals surface area contributed by atoms with Gasteiger partial charge in [0.15, 0.2) is 5.65 Å². The van der Waals surface area contributed by atoms with Crippen LogP contribution in [-0.4, -0.2) is 19.5 Å². The number of hydrogen-bond donors (Lipinski definition) is 0. The summed E-state index contributed by atoms with van der Waals surface area (Å²) in [4.78, 5) is 12.6. The fourth-order valence-electron chi connectivity index (χ4n) is 1.08. The fraction of sp³-hybridized carbons (Fsp3) is 0.286. The minimum absolute atomic E-state index is 0.887. The minimum atomic E-state index is 0.887. The molecule has 0 N–H and O–H groups in total. The maximum Gasteiger partial charge on any atom is 0.164 e. The molecule has 0 aliphatic rings. The zero-order valence-corrected chi connectivity index (χ0v) is 8.90. The molecule has 0 unspecified atom stereocenters. The maximum atomic E-state index is 4.34. The van der Waals surface area contributed by atoms with Gasteiger partial charge in [-0.2, -0.15) is 0 Å². The number of fused-ring (bicyclic) bond motifs is 1. The molecule has 0 saturated heterocycles. The summed E-state index contributed by atoms with van der Waals surface area (Å²) in [5, 5.41) is 0. The minimum Gasteiger partial charge on any atom is -0.316 e. The van der Waals surface area contributed by atoms with Crippen molar-refractivity contribution < 1.29 is 0 Å². The van der Waals surface area contributed by atoms with E-state index in [0.717, 1.165) is 20.7 Å². The first-order valence-electron chi connectivity index (χ1n) is 3.49. The van der Waals surface area contributed by atoms with Crippen LogP contribution in [0.1, 0.15) is 5.82 Å². The molecule has 0 fully saturated rings. The lowest BCUT2D eigenvalue weighted by molar-refractivity contribution is 0.872. The Labute approximate surface area is 83.2 Å². The van der Waals surface area contributed by atoms with E-state index in [1.807, 2.05) is 18.5 Å². The molecule has 62 valence electrons. The van der Waals surface area contributed by atoms with Crippen LogP contribution >= 0.6 is 22.6 Å². The van der Waals surface area contributed by atoms with Crippen LogP contribution in [0.4, 0.5) is 0 Å². The Kier molecular flexibility index (Phi) is 1.75. The third-order valence-electron chi connectivity index (χ3n) is 1.84. The van der Waals surface area contributed by atoms with Crippen molar-refractivity contribution in [2.75, 3.05) is 0 Å². The first-order chi connectivity index (χ1) is 5.70. The summed E-state index contributed by atoms with van der Waals surface area (Å²) in [5.41, 5.74) is 1.78. The van der Waals surface area contributed by atoms with Crippen LogP contribution in [0.3, 0.4) is 0 Å². The quantitative estimate of drug-likeness (QED) is 0.537. The van der Waals surface area contributed by atoms with Crippen molar-refractivity contribution >= 4 is 33.8 Å². The van der Waals surface area contributed by atoms with Gasteiger partial charge in [0.05, 0.1) is 0 Å². The molecule has 2 aromatic heterocycles. The monoisotopic (exact) mass is 274 g/mol. The van der Waals surface area contributed by atoms with Gasteiger partial charge >= 0.3 is 0 Å². The predicted octanol–water partition coefficient (Wildman–Crippen LogP) is 1.28. The molecule has 0 radical (unpaired) electrons. The van der Waals surface area contributed by atoms with E-state index in [4.69, 9.17) is 0 Å². The van der Waals surface area contributed by atoms with Gasteiger partial charge in [-0.3, -0.25) is 0 Å². The smallest absolute Gasteiger partial charge is 0.164 e. The Morgan fingerprint density at radius 3 is 2.83 bits per heavy atom. The first-order valence-corrected chi connectivity index (χ1v) is 4.57. The molecular weight excluding hydrogens is 267 g/mol. The molecule has 12 heavy (non-hydrogen) atoms. The SMILES string of the molecule is Cc1nc2c(I)ncnc2n1C. The summed E-state index contributed by atoms with van der Waals surface area (Å²) < 4.78 is 2.86. The number of aryl methyl sites for hydroxylation is 2. The highest BCUT2D eigenvalue weighted by molar-refractivity contribution is 14.1. The second kappa shape index (κ2) is 2.65. The summed E-state index contributed by atoms with van der Waals surface area (Å²) in [7, 11) is 1.95. The van der Waals surface area contributed by atoms with Crippen LogP contribution < -0.4 is 0 Å². The molecule has 0 saturated carbocycles. The van der Waals surface area contributed by atoms with Crippen LogP contribution in [0.15, 0.2) is 6.33 Å². The van der Waals surface area contributed by atoms with E-state index in [1.54, 1.807) is 6.33 Å². The summed E-state index contributed by atoms with van der Waals surface area (Å²) >= 11 is 2.16. The highest BCUT2D eigenvalue weighted by Gasteiger charge is 2.07. The Morgan fingerprint density at radius 1 is 1.42 bits per heavy atom. The van der Waals surface area contributed by atoms with Gasteiger partial charge in [0.1, 0.15) is 21.4 Å². The summed E-state index contributed by atoms with van der Waals surface area (Å²) in [6.07, 6.45) is 1.56. The molecule has 0 aliphatic carbocycles. The lowest BCUT2D eigenvalue weighted by atomic mass is 10.6. The fourth-order valence-corrected chi connectivity index (χ4v) is 1.57. The van der Waals surface area contributed by atoms with E-state index >= 15 is 0 Å². The van der Waals surface area contributed by atoms with Crippen molar-refractivity contribution in [1.29, 1.82) is 0 Å². The van der Waals surface area contributed by atoms with Crippen molar-refractivity contribution in [3.05, 3.63) is 15.9 Å². The largest absolute Gasteiger partial charge is 0.316 e. The van der Waals surface area contributed by atoms with Gasteiger partial charge in [-0.1, -0.05) is 0 Å². The highest BCUT2D eigenvalue weighted by Crippen LogP contribution is 2.15. The highest BCUT2D eigenvalue weighted by atomic mass is 127. The van der Waals surface area contributed by atoms with E-state index in [-0.39, 0.29) is 0 Å². The molecule has 0 amide bonds. The van der Waals surface area contributed by atoms with E-state index in [2.05, 4.69) is 37.5 Å². The molecule has 2 rings (SSSR count). The molecular formula is C7H7IN4. The average Bonchev–Trinajstić information content (AvgIpc) is 2.32. The molecule has 0 bridgehead atoms. The van der Waals surface area contributed by atoms with Gasteiger partial charge in [0.25, 0.3) is 0 Å². The second-order valence-corrected chi connectivity index (χ2v) is 3.58. The summed E-state index contributed by atoms with van der Waals surface area (Å²) in [6, 6.07) is 0. The van der Waals surface area contributed by atoms with Gasteiger partial charge in [-0.05, 0) is 29.5 Å². The van der Waals surface area contributed by atoms with Gasteiger partial charge in [-0.15, -0.1) is 0 Å². The topological polar surface area (TPSA) is 43.6 Å². The van der Waals surface area contributed by atoms with Crippen LogP contribution in [-0.2, 0) is 7.05 Å². The lowest BCUT2D eigenvalue weighted by Gasteiger charge is -1.93. The molecule has 0 aliphatic heterocycles. The van der Waals surface area contributed by atoms with E-state index in [1.165, 1.54) is 0 Å². The summed E-state index contributed by atoms with van der Waals surface area (Å²) in [5.74, 6) is 0.961. The van der Waals surface area contributed by atoms with E-state index < -0.39 is 0 Å². The van der Waals surface area contributed by atoms with Gasteiger partial charge in [0.2, 0.25) is 0 Å². The molecule has 2 aromatic rings. The van der Waals surface area contributed by atoms with Crippen molar-refractivity contribution in [3.8, 4) is 0 Å². The van der Waals surface area contributed by atoms with Crippen LogP contribution in [0.5, 0.6) is 0 Å². The molecule has 0 aromatic carbocycles. The lowest BCUT2D eigenvalue weighted by Crippen LogP contribution is -1.92. The molecule has 0 atom stereocenters. The molecule has 5 heteroatoms. The zero-order valence-electron chi connectivity index (χ0n) is 6.74.